The number of carbonyl (C=O) groups is 1. The third kappa shape index (κ3) is 3.64. The highest BCUT2D eigenvalue weighted by molar-refractivity contribution is 5.79. The van der Waals surface area contributed by atoms with Crippen LogP contribution in [0.2, 0.25) is 0 Å². The van der Waals surface area contributed by atoms with Crippen LogP contribution < -0.4 is 0 Å². The summed E-state index contributed by atoms with van der Waals surface area (Å²) in [7, 11) is 0. The minimum Gasteiger partial charge on any atom is -0.334 e. The lowest BCUT2D eigenvalue weighted by Crippen LogP contribution is -2.35. The Balaban J connectivity index is 1.52. The van der Waals surface area contributed by atoms with Crippen molar-refractivity contribution >= 4 is 5.91 Å². The van der Waals surface area contributed by atoms with Crippen molar-refractivity contribution in [1.82, 2.24) is 9.88 Å². The van der Waals surface area contributed by atoms with Gasteiger partial charge >= 0.3 is 0 Å². The minimum atomic E-state index is -0.220. The van der Waals surface area contributed by atoms with Crippen LogP contribution in [-0.4, -0.2) is 22.3 Å². The quantitative estimate of drug-likeness (QED) is 0.801. The molecule has 2 aromatic rings. The zero-order chi connectivity index (χ0) is 17.9. The zero-order valence-electron chi connectivity index (χ0n) is 15.0. The summed E-state index contributed by atoms with van der Waals surface area (Å²) in [5.74, 6) is 0.316. The van der Waals surface area contributed by atoms with Crippen LogP contribution in [0.5, 0.6) is 0 Å². The standard InChI is InChI=1S/C22H25FN2O/c23-18-9-3-6-16(14-18)15-19-10-4-11-20(24-19)21-12-5-13-25(21)22(26)17-7-1-2-8-17/h3-4,6,9-11,14,17,21H,1-2,5,7-8,12-13,15H2/t21-/m0/s1. The van der Waals surface area contributed by atoms with Crippen molar-refractivity contribution in [3.05, 3.63) is 65.2 Å². The number of nitrogens with zero attached hydrogens (tertiary/aromatic N) is 2. The van der Waals surface area contributed by atoms with Gasteiger partial charge in [-0.3, -0.25) is 9.78 Å². The largest absolute Gasteiger partial charge is 0.334 e. The molecule has 1 aromatic carbocycles. The summed E-state index contributed by atoms with van der Waals surface area (Å²) in [5, 5.41) is 0. The van der Waals surface area contributed by atoms with Gasteiger partial charge < -0.3 is 4.90 Å². The smallest absolute Gasteiger partial charge is 0.226 e. The van der Waals surface area contributed by atoms with Crippen molar-refractivity contribution in [2.75, 3.05) is 6.54 Å². The van der Waals surface area contributed by atoms with E-state index in [0.717, 1.165) is 49.2 Å². The first-order chi connectivity index (χ1) is 12.7. The molecule has 2 aliphatic rings. The molecule has 1 aliphatic carbocycles. The van der Waals surface area contributed by atoms with Crippen molar-refractivity contribution in [3.8, 4) is 0 Å². The van der Waals surface area contributed by atoms with E-state index < -0.39 is 0 Å². The van der Waals surface area contributed by atoms with E-state index in [1.165, 1.54) is 18.9 Å². The van der Waals surface area contributed by atoms with Gasteiger partial charge in [0, 0.05) is 24.6 Å². The fourth-order valence-electron chi connectivity index (χ4n) is 4.38. The molecule has 0 spiro atoms. The lowest BCUT2D eigenvalue weighted by molar-refractivity contribution is -0.136. The van der Waals surface area contributed by atoms with Gasteiger partial charge in [-0.2, -0.15) is 0 Å². The first kappa shape index (κ1) is 17.2. The first-order valence-corrected chi connectivity index (χ1v) is 9.71. The van der Waals surface area contributed by atoms with Crippen molar-refractivity contribution < 1.29 is 9.18 Å². The molecule has 0 bridgehead atoms. The number of benzene rings is 1. The van der Waals surface area contributed by atoms with E-state index in [4.69, 9.17) is 4.98 Å². The number of pyridine rings is 1. The fourth-order valence-corrected chi connectivity index (χ4v) is 4.38. The van der Waals surface area contributed by atoms with Gasteiger partial charge in [0.25, 0.3) is 0 Å². The van der Waals surface area contributed by atoms with Gasteiger partial charge in [0.2, 0.25) is 5.91 Å². The summed E-state index contributed by atoms with van der Waals surface area (Å²) < 4.78 is 13.4. The predicted octanol–water partition coefficient (Wildman–Crippen LogP) is 4.67. The molecule has 0 radical (unpaired) electrons. The highest BCUT2D eigenvalue weighted by Gasteiger charge is 2.35. The number of hydrogen-bond donors (Lipinski definition) is 0. The fraction of sp³-hybridized carbons (Fsp3) is 0.455. The van der Waals surface area contributed by atoms with Crippen LogP contribution in [0, 0.1) is 11.7 Å². The van der Waals surface area contributed by atoms with E-state index in [0.29, 0.717) is 12.3 Å². The SMILES string of the molecule is O=C(C1CCCC1)N1CCC[C@H]1c1cccc(Cc2cccc(F)c2)n1. The second-order valence-corrected chi connectivity index (χ2v) is 7.53. The number of rotatable bonds is 4. The van der Waals surface area contributed by atoms with Gasteiger partial charge in [-0.15, -0.1) is 0 Å². The molecule has 26 heavy (non-hydrogen) atoms. The second kappa shape index (κ2) is 7.56. The Morgan fingerprint density at radius 1 is 1.08 bits per heavy atom. The van der Waals surface area contributed by atoms with Gasteiger partial charge in [0.1, 0.15) is 5.82 Å². The van der Waals surface area contributed by atoms with E-state index in [9.17, 15) is 9.18 Å². The average molecular weight is 352 g/mol. The molecule has 2 heterocycles. The Bertz CT molecular complexity index is 785. The highest BCUT2D eigenvalue weighted by atomic mass is 19.1. The lowest BCUT2D eigenvalue weighted by Gasteiger charge is -2.27. The lowest BCUT2D eigenvalue weighted by atomic mass is 10.0. The molecule has 1 atom stereocenters. The summed E-state index contributed by atoms with van der Waals surface area (Å²) in [6, 6.07) is 12.8. The maximum absolute atomic E-state index is 13.4. The molecule has 136 valence electrons. The number of likely N-dealkylation sites (tertiary alicyclic amines) is 1. The van der Waals surface area contributed by atoms with E-state index >= 15 is 0 Å². The topological polar surface area (TPSA) is 33.2 Å². The maximum atomic E-state index is 13.4. The first-order valence-electron chi connectivity index (χ1n) is 9.71. The predicted molar refractivity (Wildman–Crippen MR) is 99.1 cm³/mol. The Labute approximate surface area is 154 Å². The summed E-state index contributed by atoms with van der Waals surface area (Å²) in [6.07, 6.45) is 7.06. The molecule has 0 N–H and O–H groups in total. The van der Waals surface area contributed by atoms with E-state index in [2.05, 4.69) is 4.90 Å². The molecule has 2 fully saturated rings. The van der Waals surface area contributed by atoms with Gasteiger partial charge in [0.05, 0.1) is 11.7 Å². The number of halogens is 1. The van der Waals surface area contributed by atoms with E-state index in [-0.39, 0.29) is 17.8 Å². The Kier molecular flexibility index (Phi) is 5.00. The Morgan fingerprint density at radius 2 is 1.88 bits per heavy atom. The van der Waals surface area contributed by atoms with E-state index in [1.807, 2.05) is 24.3 Å². The molecular weight excluding hydrogens is 327 g/mol. The number of amides is 1. The third-order valence-electron chi connectivity index (χ3n) is 5.68. The maximum Gasteiger partial charge on any atom is 0.226 e. The number of hydrogen-bond acceptors (Lipinski definition) is 2. The normalized spacial score (nSPS) is 20.7. The summed E-state index contributed by atoms with van der Waals surface area (Å²) in [6.45, 7) is 0.843. The summed E-state index contributed by atoms with van der Waals surface area (Å²) in [4.78, 5) is 19.8. The molecular formula is C22H25FN2O. The van der Waals surface area contributed by atoms with Gasteiger partial charge in [-0.1, -0.05) is 31.0 Å². The van der Waals surface area contributed by atoms with Gasteiger partial charge in [0.15, 0.2) is 0 Å². The van der Waals surface area contributed by atoms with Crippen molar-refractivity contribution in [1.29, 1.82) is 0 Å². The highest BCUT2D eigenvalue weighted by Crippen LogP contribution is 2.35. The van der Waals surface area contributed by atoms with Crippen molar-refractivity contribution in [3.63, 3.8) is 0 Å². The van der Waals surface area contributed by atoms with Crippen LogP contribution >= 0.6 is 0 Å². The van der Waals surface area contributed by atoms with E-state index in [1.54, 1.807) is 12.1 Å². The van der Waals surface area contributed by atoms with Gasteiger partial charge in [-0.25, -0.2) is 4.39 Å². The Morgan fingerprint density at radius 3 is 2.69 bits per heavy atom. The summed E-state index contributed by atoms with van der Waals surface area (Å²) in [5.41, 5.74) is 2.82. The molecule has 3 nitrogen and oxygen atoms in total. The van der Waals surface area contributed by atoms with Crippen LogP contribution in [0.15, 0.2) is 42.5 Å². The van der Waals surface area contributed by atoms with Crippen LogP contribution in [0.25, 0.3) is 0 Å². The molecule has 1 saturated carbocycles. The molecule has 1 saturated heterocycles. The molecule has 1 amide bonds. The molecule has 4 heteroatoms. The number of carbonyl (C=O) groups excluding carboxylic acids is 1. The minimum absolute atomic E-state index is 0.0931. The average Bonchev–Trinajstić information content (AvgIpc) is 3.33. The van der Waals surface area contributed by atoms with Crippen LogP contribution in [0.1, 0.15) is 61.5 Å². The molecule has 0 unspecified atom stereocenters. The second-order valence-electron chi connectivity index (χ2n) is 7.53. The van der Waals surface area contributed by atoms with Crippen LogP contribution in [0.3, 0.4) is 0 Å². The summed E-state index contributed by atoms with van der Waals surface area (Å²) >= 11 is 0. The molecule has 1 aliphatic heterocycles. The third-order valence-corrected chi connectivity index (χ3v) is 5.68. The van der Waals surface area contributed by atoms with Crippen LogP contribution in [-0.2, 0) is 11.2 Å². The van der Waals surface area contributed by atoms with Crippen molar-refractivity contribution in [2.24, 2.45) is 5.92 Å². The van der Waals surface area contributed by atoms with Gasteiger partial charge in [-0.05, 0) is 55.5 Å². The van der Waals surface area contributed by atoms with Crippen LogP contribution in [0.4, 0.5) is 4.39 Å². The zero-order valence-corrected chi connectivity index (χ0v) is 15.0. The molecule has 4 rings (SSSR count). The Hall–Kier alpha value is -2.23. The molecule has 1 aromatic heterocycles. The monoisotopic (exact) mass is 352 g/mol. The number of aromatic nitrogens is 1. The van der Waals surface area contributed by atoms with Crippen molar-refractivity contribution in [2.45, 2.75) is 51.0 Å².